The van der Waals surface area contributed by atoms with E-state index in [-0.39, 0.29) is 5.91 Å². The van der Waals surface area contributed by atoms with Crippen molar-refractivity contribution < 1.29 is 18.0 Å². The highest BCUT2D eigenvalue weighted by Gasteiger charge is 2.30. The topological polar surface area (TPSA) is 45.2 Å². The summed E-state index contributed by atoms with van der Waals surface area (Å²) in [7, 11) is 0. The van der Waals surface area contributed by atoms with Crippen LogP contribution in [0.1, 0.15) is 28.0 Å². The molecule has 2 aromatic rings. The number of rotatable bonds is 3. The van der Waals surface area contributed by atoms with Gasteiger partial charge >= 0.3 is 6.18 Å². The predicted molar refractivity (Wildman–Crippen MR) is 83.9 cm³/mol. The van der Waals surface area contributed by atoms with Gasteiger partial charge in [-0.1, -0.05) is 12.1 Å². The van der Waals surface area contributed by atoms with Gasteiger partial charge in [-0.2, -0.15) is 13.2 Å². The number of carbonyl (C=O) groups is 1. The summed E-state index contributed by atoms with van der Waals surface area (Å²) in [5.74, 6) is -0.227. The monoisotopic (exact) mass is 353 g/mol. The molecule has 0 bridgehead atoms. The van der Waals surface area contributed by atoms with E-state index in [1.165, 1.54) is 29.5 Å². The molecule has 0 saturated carbocycles. The second kappa shape index (κ2) is 6.27. The minimum absolute atomic E-state index is 0.227. The Labute approximate surface area is 140 Å². The first-order valence-corrected chi connectivity index (χ1v) is 8.03. The molecule has 1 aromatic carbocycles. The van der Waals surface area contributed by atoms with Crippen molar-refractivity contribution in [1.82, 2.24) is 15.2 Å². The van der Waals surface area contributed by atoms with Gasteiger partial charge in [0, 0.05) is 24.2 Å². The van der Waals surface area contributed by atoms with Crippen molar-refractivity contribution in [2.75, 3.05) is 0 Å². The number of thiazole rings is 1. The Balaban J connectivity index is 1.81. The van der Waals surface area contributed by atoms with Crippen molar-refractivity contribution in [1.29, 1.82) is 0 Å². The molecule has 2 heterocycles. The number of hydrogen-bond acceptors (Lipinski definition) is 4. The third-order valence-corrected chi connectivity index (χ3v) is 4.38. The fourth-order valence-electron chi connectivity index (χ4n) is 2.42. The minimum atomic E-state index is -4.35. The van der Waals surface area contributed by atoms with Crippen molar-refractivity contribution in [3.05, 3.63) is 63.7 Å². The molecule has 1 aromatic heterocycles. The lowest BCUT2D eigenvalue weighted by atomic mass is 10.1. The molecule has 1 amide bonds. The van der Waals surface area contributed by atoms with Crippen LogP contribution >= 0.6 is 11.3 Å². The first kappa shape index (κ1) is 16.5. The number of carbonyl (C=O) groups excluding carboxylic acids is 1. The van der Waals surface area contributed by atoms with E-state index in [9.17, 15) is 18.0 Å². The van der Waals surface area contributed by atoms with Crippen LogP contribution in [0.5, 0.6) is 0 Å². The van der Waals surface area contributed by atoms with Crippen LogP contribution in [-0.4, -0.2) is 15.8 Å². The first-order valence-electron chi connectivity index (χ1n) is 7.15. The molecular weight excluding hydrogens is 339 g/mol. The van der Waals surface area contributed by atoms with Crippen LogP contribution in [0.25, 0.3) is 0 Å². The van der Waals surface area contributed by atoms with E-state index in [4.69, 9.17) is 0 Å². The normalized spacial score (nSPS) is 17.9. The molecule has 0 radical (unpaired) electrons. The van der Waals surface area contributed by atoms with E-state index in [0.29, 0.717) is 17.8 Å². The van der Waals surface area contributed by atoms with Crippen molar-refractivity contribution in [2.45, 2.75) is 25.8 Å². The molecule has 24 heavy (non-hydrogen) atoms. The van der Waals surface area contributed by atoms with Crippen molar-refractivity contribution in [3.63, 3.8) is 0 Å². The largest absolute Gasteiger partial charge is 0.416 e. The number of benzene rings is 1. The summed E-state index contributed by atoms with van der Waals surface area (Å²) in [6.45, 7) is 2.23. The van der Waals surface area contributed by atoms with Crippen molar-refractivity contribution >= 4 is 17.2 Å². The summed E-state index contributed by atoms with van der Waals surface area (Å²) >= 11 is 1.47. The van der Waals surface area contributed by atoms with E-state index in [1.807, 2.05) is 17.2 Å². The van der Waals surface area contributed by atoms with Gasteiger partial charge in [0.05, 0.1) is 16.3 Å². The smallest absolute Gasteiger partial charge is 0.348 e. The first-order chi connectivity index (χ1) is 11.3. The Morgan fingerprint density at radius 1 is 1.29 bits per heavy atom. The fraction of sp³-hybridized carbons (Fsp3) is 0.250. The highest BCUT2D eigenvalue weighted by atomic mass is 32.1. The van der Waals surface area contributed by atoms with Crippen LogP contribution in [0.15, 0.2) is 41.9 Å². The third-order valence-electron chi connectivity index (χ3n) is 3.59. The van der Waals surface area contributed by atoms with Crippen LogP contribution in [-0.2, 0) is 17.5 Å². The number of alkyl halides is 3. The van der Waals surface area contributed by atoms with E-state index >= 15 is 0 Å². The Hall–Kier alpha value is -2.35. The van der Waals surface area contributed by atoms with Crippen LogP contribution in [0.2, 0.25) is 0 Å². The molecule has 8 heteroatoms. The van der Waals surface area contributed by atoms with Gasteiger partial charge in [-0.25, -0.2) is 4.98 Å². The lowest BCUT2D eigenvalue weighted by Crippen LogP contribution is -2.41. The predicted octanol–water partition coefficient (Wildman–Crippen LogP) is 3.61. The van der Waals surface area contributed by atoms with E-state index in [1.54, 1.807) is 6.20 Å². The highest BCUT2D eigenvalue weighted by Crippen LogP contribution is 2.30. The number of aryl methyl sites for hydroxylation is 1. The molecule has 0 spiro atoms. The van der Waals surface area contributed by atoms with Gasteiger partial charge in [0.2, 0.25) is 5.91 Å². The summed E-state index contributed by atoms with van der Waals surface area (Å²) in [6, 6.07) is 5.00. The van der Waals surface area contributed by atoms with Gasteiger partial charge in [0.1, 0.15) is 6.17 Å². The average Bonchev–Trinajstić information content (AvgIpc) is 2.95. The minimum Gasteiger partial charge on any atom is -0.348 e. The second-order valence-electron chi connectivity index (χ2n) is 5.39. The molecule has 0 saturated heterocycles. The maximum Gasteiger partial charge on any atom is 0.416 e. The zero-order chi connectivity index (χ0) is 17.3. The Kier molecular flexibility index (Phi) is 4.31. The van der Waals surface area contributed by atoms with E-state index in [0.717, 1.165) is 17.1 Å². The Bertz CT molecular complexity index is 768. The van der Waals surface area contributed by atoms with Crippen LogP contribution in [0, 0.1) is 6.92 Å². The lowest BCUT2D eigenvalue weighted by molar-refractivity contribution is -0.137. The summed E-state index contributed by atoms with van der Waals surface area (Å²) in [6.07, 6.45) is -1.76. The number of aromatic nitrogens is 1. The SMILES string of the molecule is Cc1nc(C2NC(=O)C=CN2Cc2ccc(C(F)(F)F)cc2)cs1. The van der Waals surface area contributed by atoms with E-state index < -0.39 is 17.9 Å². The maximum absolute atomic E-state index is 12.6. The molecule has 1 N–H and O–H groups in total. The lowest BCUT2D eigenvalue weighted by Gasteiger charge is -2.32. The number of halogens is 3. The van der Waals surface area contributed by atoms with Gasteiger partial charge < -0.3 is 10.2 Å². The maximum atomic E-state index is 12.6. The Morgan fingerprint density at radius 2 is 2.00 bits per heavy atom. The van der Waals surface area contributed by atoms with Gasteiger partial charge in [0.15, 0.2) is 0 Å². The second-order valence-corrected chi connectivity index (χ2v) is 6.45. The van der Waals surface area contributed by atoms with Crippen molar-refractivity contribution in [3.8, 4) is 0 Å². The number of hydrogen-bond donors (Lipinski definition) is 1. The molecule has 3 rings (SSSR count). The molecule has 1 aliphatic heterocycles. The Morgan fingerprint density at radius 3 is 2.58 bits per heavy atom. The summed E-state index contributed by atoms with van der Waals surface area (Å²) in [4.78, 5) is 17.9. The van der Waals surface area contributed by atoms with E-state index in [2.05, 4.69) is 10.3 Å². The summed E-state index contributed by atoms with van der Waals surface area (Å²) in [5.41, 5.74) is 0.739. The van der Waals surface area contributed by atoms with Crippen molar-refractivity contribution in [2.24, 2.45) is 0 Å². The van der Waals surface area contributed by atoms with Crippen LogP contribution < -0.4 is 5.32 Å². The quantitative estimate of drug-likeness (QED) is 0.917. The molecule has 0 aliphatic carbocycles. The number of amides is 1. The fourth-order valence-corrected chi connectivity index (χ4v) is 3.05. The molecule has 1 unspecified atom stereocenters. The zero-order valence-electron chi connectivity index (χ0n) is 12.7. The average molecular weight is 353 g/mol. The number of nitrogens with zero attached hydrogens (tertiary/aromatic N) is 2. The molecule has 126 valence electrons. The molecular formula is C16H14F3N3OS. The molecule has 0 fully saturated rings. The molecule has 4 nitrogen and oxygen atoms in total. The molecule has 1 atom stereocenters. The number of nitrogens with one attached hydrogen (secondary N) is 1. The van der Waals surface area contributed by atoms with Crippen LogP contribution in [0.4, 0.5) is 13.2 Å². The summed E-state index contributed by atoms with van der Waals surface area (Å²) < 4.78 is 37.9. The van der Waals surface area contributed by atoms with Gasteiger partial charge in [-0.3, -0.25) is 4.79 Å². The highest BCUT2D eigenvalue weighted by molar-refractivity contribution is 7.09. The third kappa shape index (κ3) is 3.59. The molecule has 1 aliphatic rings. The zero-order valence-corrected chi connectivity index (χ0v) is 13.5. The van der Waals surface area contributed by atoms with Crippen LogP contribution in [0.3, 0.4) is 0 Å². The summed E-state index contributed by atoms with van der Waals surface area (Å²) in [5, 5.41) is 5.55. The van der Waals surface area contributed by atoms with Gasteiger partial charge in [-0.15, -0.1) is 11.3 Å². The van der Waals surface area contributed by atoms with Gasteiger partial charge in [-0.05, 0) is 24.6 Å². The standard InChI is InChI=1S/C16H14F3N3OS/c1-10-20-13(9-24-10)15-21-14(23)6-7-22(15)8-11-2-4-12(5-3-11)16(17,18)19/h2-7,9,15H,8H2,1H3,(H,21,23). The van der Waals surface area contributed by atoms with Gasteiger partial charge in [0.25, 0.3) is 0 Å².